The number of aromatic nitrogens is 1. The molecule has 186 valence electrons. The molecule has 0 bridgehead atoms. The van der Waals surface area contributed by atoms with E-state index in [9.17, 15) is 4.79 Å². The van der Waals surface area contributed by atoms with Crippen molar-refractivity contribution in [3.63, 3.8) is 0 Å². The third-order valence-corrected chi connectivity index (χ3v) is 6.82. The summed E-state index contributed by atoms with van der Waals surface area (Å²) in [6.07, 6.45) is 1.94. The van der Waals surface area contributed by atoms with Gasteiger partial charge < -0.3 is 14.5 Å². The first-order valence-electron chi connectivity index (χ1n) is 12.4. The summed E-state index contributed by atoms with van der Waals surface area (Å²) < 4.78 is 5.49. The molecule has 0 spiro atoms. The minimum Gasteiger partial charge on any atom is -0.448 e. The van der Waals surface area contributed by atoms with E-state index >= 15 is 0 Å². The van der Waals surface area contributed by atoms with Crippen molar-refractivity contribution in [3.05, 3.63) is 58.9 Å². The molecule has 3 rings (SSSR count). The Balaban J connectivity index is 1.57. The normalized spacial score (nSPS) is 15.0. The highest BCUT2D eigenvalue weighted by atomic mass is 16.6. The highest BCUT2D eigenvalue weighted by Crippen LogP contribution is 2.32. The summed E-state index contributed by atoms with van der Waals surface area (Å²) in [4.78, 5) is 23.6. The second-order valence-electron chi connectivity index (χ2n) is 10.7. The van der Waals surface area contributed by atoms with Gasteiger partial charge in [0.15, 0.2) is 0 Å². The molecule has 0 N–H and O–H groups in total. The van der Waals surface area contributed by atoms with Gasteiger partial charge in [0.1, 0.15) is 6.61 Å². The van der Waals surface area contributed by atoms with Crippen LogP contribution in [0.25, 0.3) is 0 Å². The van der Waals surface area contributed by atoms with E-state index in [0.717, 1.165) is 38.2 Å². The number of likely N-dealkylation sites (N-methyl/N-ethyl adjacent to an activating group) is 1. The Labute approximate surface area is 205 Å². The van der Waals surface area contributed by atoms with Gasteiger partial charge >= 0.3 is 6.09 Å². The molecule has 2 heterocycles. The van der Waals surface area contributed by atoms with Crippen molar-refractivity contribution in [2.24, 2.45) is 0 Å². The fourth-order valence-corrected chi connectivity index (χ4v) is 4.36. The number of piperidine rings is 1. The van der Waals surface area contributed by atoms with E-state index in [0.29, 0.717) is 19.1 Å². The Morgan fingerprint density at radius 1 is 1.12 bits per heavy atom. The predicted octanol–water partition coefficient (Wildman–Crippen LogP) is 5.38. The lowest BCUT2D eigenvalue weighted by atomic mass is 9.89. The SMILES string of the molecule is Cc1cccc(N2CCC(c3nc(C)ccc3CN(C)CCOC(=O)N(C)C(C)(C)C)CC2)c1. The van der Waals surface area contributed by atoms with E-state index in [-0.39, 0.29) is 11.6 Å². The number of carbonyl (C=O) groups excluding carboxylic acids is 1. The van der Waals surface area contributed by atoms with E-state index in [1.54, 1.807) is 11.9 Å². The number of rotatable bonds is 7. The molecule has 34 heavy (non-hydrogen) atoms. The van der Waals surface area contributed by atoms with Crippen LogP contribution < -0.4 is 4.90 Å². The van der Waals surface area contributed by atoms with Crippen LogP contribution in [-0.2, 0) is 11.3 Å². The number of anilines is 1. The van der Waals surface area contributed by atoms with Gasteiger partial charge in [0.2, 0.25) is 0 Å². The van der Waals surface area contributed by atoms with Gasteiger partial charge in [0, 0.05) is 61.8 Å². The van der Waals surface area contributed by atoms with Crippen LogP contribution >= 0.6 is 0 Å². The standard InChI is InChI=1S/C28H42N4O2/c1-21-9-8-10-25(19-21)32-15-13-23(14-16-32)26-24(12-11-22(2)29-26)20-30(6)17-18-34-27(33)31(7)28(3,4)5/h8-12,19,23H,13-18,20H2,1-7H3. The zero-order valence-corrected chi connectivity index (χ0v) is 22.1. The molecule has 6 heteroatoms. The predicted molar refractivity (Wildman–Crippen MR) is 140 cm³/mol. The third kappa shape index (κ3) is 6.95. The highest BCUT2D eigenvalue weighted by molar-refractivity contribution is 5.68. The van der Waals surface area contributed by atoms with Crippen LogP contribution in [-0.4, -0.2) is 66.8 Å². The van der Waals surface area contributed by atoms with E-state index in [1.165, 1.54) is 22.5 Å². The maximum Gasteiger partial charge on any atom is 0.409 e. The van der Waals surface area contributed by atoms with Gasteiger partial charge in [-0.05, 0) is 83.8 Å². The number of hydrogen-bond donors (Lipinski definition) is 0. The lowest BCUT2D eigenvalue weighted by Crippen LogP contribution is -2.43. The first-order valence-corrected chi connectivity index (χ1v) is 12.4. The summed E-state index contributed by atoms with van der Waals surface area (Å²) in [6, 6.07) is 13.1. The van der Waals surface area contributed by atoms with Crippen LogP contribution in [0.15, 0.2) is 36.4 Å². The number of pyridine rings is 1. The van der Waals surface area contributed by atoms with Gasteiger partial charge in [0.25, 0.3) is 0 Å². The molecule has 0 radical (unpaired) electrons. The van der Waals surface area contributed by atoms with Gasteiger partial charge in [-0.1, -0.05) is 18.2 Å². The first-order chi connectivity index (χ1) is 16.0. The number of hydrogen-bond acceptors (Lipinski definition) is 5. The van der Waals surface area contributed by atoms with E-state index in [4.69, 9.17) is 9.72 Å². The number of aryl methyl sites for hydroxylation is 2. The number of ether oxygens (including phenoxy) is 1. The first kappa shape index (κ1) is 26.0. The topological polar surface area (TPSA) is 48.9 Å². The van der Waals surface area contributed by atoms with Gasteiger partial charge in [-0.3, -0.25) is 9.88 Å². The lowest BCUT2D eigenvalue weighted by Gasteiger charge is -2.34. The Bertz CT molecular complexity index is 961. The molecule has 0 atom stereocenters. The molecule has 1 saturated heterocycles. The summed E-state index contributed by atoms with van der Waals surface area (Å²) in [5.41, 5.74) is 5.96. The molecular formula is C28H42N4O2. The fraction of sp³-hybridized carbons (Fsp3) is 0.571. The van der Waals surface area contributed by atoms with Crippen molar-refractivity contribution in [2.45, 2.75) is 65.5 Å². The Hall–Kier alpha value is -2.60. The maximum absolute atomic E-state index is 12.2. The van der Waals surface area contributed by atoms with Crippen LogP contribution in [0.4, 0.5) is 10.5 Å². The molecule has 1 aliphatic rings. The summed E-state index contributed by atoms with van der Waals surface area (Å²) in [5.74, 6) is 0.475. The number of benzene rings is 1. The van der Waals surface area contributed by atoms with Gasteiger partial charge in [-0.25, -0.2) is 4.79 Å². The minimum absolute atomic E-state index is 0.250. The zero-order valence-electron chi connectivity index (χ0n) is 22.1. The molecule has 0 unspecified atom stereocenters. The summed E-state index contributed by atoms with van der Waals surface area (Å²) in [5, 5.41) is 0. The average Bonchev–Trinajstić information content (AvgIpc) is 2.79. The van der Waals surface area contributed by atoms with Gasteiger partial charge in [-0.2, -0.15) is 0 Å². The molecule has 2 aromatic rings. The Morgan fingerprint density at radius 2 is 1.82 bits per heavy atom. The smallest absolute Gasteiger partial charge is 0.409 e. The molecule has 1 aromatic heterocycles. The fourth-order valence-electron chi connectivity index (χ4n) is 4.36. The van der Waals surface area contributed by atoms with Crippen molar-refractivity contribution < 1.29 is 9.53 Å². The van der Waals surface area contributed by atoms with E-state index in [1.807, 2.05) is 20.8 Å². The van der Waals surface area contributed by atoms with E-state index in [2.05, 4.69) is 67.1 Å². The number of nitrogens with zero attached hydrogens (tertiary/aromatic N) is 4. The minimum atomic E-state index is -0.279. The second-order valence-corrected chi connectivity index (χ2v) is 10.7. The highest BCUT2D eigenvalue weighted by Gasteiger charge is 2.25. The maximum atomic E-state index is 12.2. The van der Waals surface area contributed by atoms with E-state index < -0.39 is 0 Å². The van der Waals surface area contributed by atoms with Crippen LogP contribution in [0.2, 0.25) is 0 Å². The Morgan fingerprint density at radius 3 is 2.47 bits per heavy atom. The summed E-state index contributed by atoms with van der Waals surface area (Å²) >= 11 is 0. The van der Waals surface area contributed by atoms with Crippen LogP contribution in [0.1, 0.15) is 62.0 Å². The van der Waals surface area contributed by atoms with Crippen molar-refractivity contribution in [2.75, 3.05) is 45.2 Å². The largest absolute Gasteiger partial charge is 0.448 e. The zero-order chi connectivity index (χ0) is 24.9. The number of amides is 1. The van der Waals surface area contributed by atoms with Crippen molar-refractivity contribution in [1.29, 1.82) is 0 Å². The third-order valence-electron chi connectivity index (χ3n) is 6.82. The molecule has 6 nitrogen and oxygen atoms in total. The molecule has 1 aromatic carbocycles. The van der Waals surface area contributed by atoms with Crippen molar-refractivity contribution in [3.8, 4) is 0 Å². The average molecular weight is 467 g/mol. The number of carbonyl (C=O) groups is 1. The molecule has 0 aliphatic carbocycles. The summed E-state index contributed by atoms with van der Waals surface area (Å²) in [6.45, 7) is 14.2. The molecule has 0 saturated carbocycles. The summed E-state index contributed by atoms with van der Waals surface area (Å²) in [7, 11) is 3.85. The second kappa shape index (κ2) is 11.2. The Kier molecular flexibility index (Phi) is 8.58. The molecule has 1 amide bonds. The van der Waals surface area contributed by atoms with Crippen molar-refractivity contribution in [1.82, 2.24) is 14.8 Å². The molecule has 1 fully saturated rings. The molecular weight excluding hydrogens is 424 g/mol. The monoisotopic (exact) mass is 466 g/mol. The van der Waals surface area contributed by atoms with Crippen molar-refractivity contribution >= 4 is 11.8 Å². The van der Waals surface area contributed by atoms with Gasteiger partial charge in [0.05, 0.1) is 0 Å². The van der Waals surface area contributed by atoms with Crippen LogP contribution in [0, 0.1) is 13.8 Å². The van der Waals surface area contributed by atoms with Crippen LogP contribution in [0.3, 0.4) is 0 Å². The van der Waals surface area contributed by atoms with Crippen LogP contribution in [0.5, 0.6) is 0 Å². The molecule has 1 aliphatic heterocycles. The van der Waals surface area contributed by atoms with Gasteiger partial charge in [-0.15, -0.1) is 0 Å². The lowest BCUT2D eigenvalue weighted by molar-refractivity contribution is 0.0741. The quantitative estimate of drug-likeness (QED) is 0.548.